The number of nitrogens with one attached hydrogen (secondary N) is 3. The molecule has 188 valence electrons. The average Bonchev–Trinajstić information content (AvgIpc) is 3.24. The van der Waals surface area contributed by atoms with Crippen LogP contribution in [0.25, 0.3) is 10.9 Å². The second kappa shape index (κ2) is 10.1. The Morgan fingerprint density at radius 3 is 2.00 bits per heavy atom. The van der Waals surface area contributed by atoms with Crippen molar-refractivity contribution >= 4 is 42.4 Å². The third kappa shape index (κ3) is 5.13. The first kappa shape index (κ1) is 25.4. The minimum atomic E-state index is -3.95. The van der Waals surface area contributed by atoms with Crippen molar-refractivity contribution < 1.29 is 26.4 Å². The third-order valence-corrected chi connectivity index (χ3v) is 8.47. The first-order valence-electron chi connectivity index (χ1n) is 11.0. The number of aromatic nitrogens is 1. The Bertz CT molecular complexity index is 1610. The van der Waals surface area contributed by atoms with Crippen molar-refractivity contribution in [3.05, 3.63) is 84.1 Å². The lowest BCUT2D eigenvalue weighted by atomic mass is 10.1. The van der Waals surface area contributed by atoms with Crippen molar-refractivity contribution in [2.75, 3.05) is 18.4 Å². The number of methoxy groups -OCH3 is 1. The van der Waals surface area contributed by atoms with Gasteiger partial charge in [-0.1, -0.05) is 36.4 Å². The van der Waals surface area contributed by atoms with Crippen LogP contribution in [0.1, 0.15) is 23.0 Å². The topological polar surface area (TPSA) is 134 Å². The van der Waals surface area contributed by atoms with E-state index in [0.29, 0.717) is 16.5 Å². The summed E-state index contributed by atoms with van der Waals surface area (Å²) >= 11 is 0. The summed E-state index contributed by atoms with van der Waals surface area (Å²) in [7, 11) is -6.27. The molecule has 1 aromatic heterocycles. The SMILES string of the molecule is COc1ccc2c(CCNS(=O)(=O)c3ccccc3)c(C(C)=O)[nH]c2c1NS(=O)(=O)c1ccccc1. The molecule has 3 N–H and O–H groups in total. The average molecular weight is 528 g/mol. The number of anilines is 1. The van der Waals surface area contributed by atoms with Crippen LogP contribution < -0.4 is 14.2 Å². The van der Waals surface area contributed by atoms with Crippen LogP contribution in [-0.4, -0.2) is 41.3 Å². The predicted octanol–water partition coefficient (Wildman–Crippen LogP) is 3.70. The molecular formula is C25H25N3O6S2. The minimum Gasteiger partial charge on any atom is -0.494 e. The summed E-state index contributed by atoms with van der Waals surface area (Å²) in [5.74, 6) is -0.0161. The standard InChI is InChI=1S/C25H25N3O6S2/c1-17(29)23-21(15-16-26-35(30,31)18-9-5-3-6-10-18)20-13-14-22(34-2)25(24(20)27-23)28-36(32,33)19-11-7-4-8-12-19/h3-14,26-28H,15-16H2,1-2H3. The Kier molecular flexibility index (Phi) is 7.16. The Morgan fingerprint density at radius 1 is 0.861 bits per heavy atom. The zero-order valence-electron chi connectivity index (χ0n) is 19.6. The molecule has 0 bridgehead atoms. The van der Waals surface area contributed by atoms with Gasteiger partial charge in [-0.3, -0.25) is 9.52 Å². The van der Waals surface area contributed by atoms with Crippen LogP contribution in [0.5, 0.6) is 5.75 Å². The predicted molar refractivity (Wildman–Crippen MR) is 137 cm³/mol. The van der Waals surface area contributed by atoms with Crippen LogP contribution in [0.3, 0.4) is 0 Å². The number of carbonyl (C=O) groups is 1. The molecule has 0 saturated carbocycles. The van der Waals surface area contributed by atoms with Gasteiger partial charge < -0.3 is 9.72 Å². The molecule has 0 aliphatic heterocycles. The van der Waals surface area contributed by atoms with E-state index in [0.717, 1.165) is 0 Å². The van der Waals surface area contributed by atoms with E-state index in [1.807, 2.05) is 0 Å². The molecule has 3 aromatic carbocycles. The number of benzene rings is 3. The molecule has 0 radical (unpaired) electrons. The maximum absolute atomic E-state index is 13.0. The molecule has 0 aliphatic carbocycles. The first-order valence-corrected chi connectivity index (χ1v) is 14.0. The summed E-state index contributed by atoms with van der Waals surface area (Å²) in [6.45, 7) is 1.41. The number of hydrogen-bond donors (Lipinski definition) is 3. The number of ether oxygens (including phenoxy) is 1. The maximum Gasteiger partial charge on any atom is 0.262 e. The second-order valence-corrected chi connectivity index (χ2v) is 11.4. The van der Waals surface area contributed by atoms with Gasteiger partial charge in [-0.15, -0.1) is 0 Å². The van der Waals surface area contributed by atoms with Crippen molar-refractivity contribution in [2.24, 2.45) is 0 Å². The fourth-order valence-electron chi connectivity index (χ4n) is 3.92. The van der Waals surface area contributed by atoms with Crippen molar-refractivity contribution in [2.45, 2.75) is 23.1 Å². The van der Waals surface area contributed by atoms with Gasteiger partial charge in [0.25, 0.3) is 10.0 Å². The molecule has 0 aliphatic rings. The molecule has 11 heteroatoms. The zero-order valence-corrected chi connectivity index (χ0v) is 21.2. The second-order valence-electron chi connectivity index (χ2n) is 7.98. The molecule has 4 aromatic rings. The molecule has 9 nitrogen and oxygen atoms in total. The lowest BCUT2D eigenvalue weighted by Gasteiger charge is -2.13. The van der Waals surface area contributed by atoms with Crippen LogP contribution in [0.2, 0.25) is 0 Å². The highest BCUT2D eigenvalue weighted by Crippen LogP contribution is 2.37. The summed E-state index contributed by atoms with van der Waals surface area (Å²) in [5, 5.41) is 0.575. The van der Waals surface area contributed by atoms with E-state index < -0.39 is 20.0 Å². The summed E-state index contributed by atoms with van der Waals surface area (Å²) < 4.78 is 61.8. The van der Waals surface area contributed by atoms with E-state index in [4.69, 9.17) is 4.74 Å². The van der Waals surface area contributed by atoms with Gasteiger partial charge >= 0.3 is 0 Å². The van der Waals surface area contributed by atoms with Crippen LogP contribution in [-0.2, 0) is 26.5 Å². The van der Waals surface area contributed by atoms with E-state index in [1.165, 1.54) is 38.3 Å². The molecule has 4 rings (SSSR count). The van der Waals surface area contributed by atoms with Gasteiger partial charge in [0.2, 0.25) is 10.0 Å². The Balaban J connectivity index is 1.71. The fraction of sp³-hybridized carbons (Fsp3) is 0.160. The van der Waals surface area contributed by atoms with E-state index in [9.17, 15) is 21.6 Å². The summed E-state index contributed by atoms with van der Waals surface area (Å²) in [4.78, 5) is 15.7. The quantitative estimate of drug-likeness (QED) is 0.269. The molecule has 0 fully saturated rings. The molecule has 0 saturated heterocycles. The minimum absolute atomic E-state index is 0.0293. The highest BCUT2D eigenvalue weighted by atomic mass is 32.2. The van der Waals surface area contributed by atoms with E-state index >= 15 is 0 Å². The van der Waals surface area contributed by atoms with Gasteiger partial charge in [0.1, 0.15) is 11.4 Å². The van der Waals surface area contributed by atoms with Gasteiger partial charge in [0.05, 0.1) is 28.1 Å². The summed E-state index contributed by atoms with van der Waals surface area (Å²) in [5.41, 5.74) is 1.34. The van der Waals surface area contributed by atoms with Crippen LogP contribution in [0.15, 0.2) is 82.6 Å². The molecule has 0 unspecified atom stereocenters. The fourth-order valence-corrected chi connectivity index (χ4v) is 6.08. The Morgan fingerprint density at radius 2 is 1.44 bits per heavy atom. The lowest BCUT2D eigenvalue weighted by molar-refractivity contribution is 0.101. The third-order valence-electron chi connectivity index (χ3n) is 5.63. The summed E-state index contributed by atoms with van der Waals surface area (Å²) in [6, 6.07) is 19.2. The summed E-state index contributed by atoms with van der Waals surface area (Å²) in [6.07, 6.45) is 0.193. The van der Waals surface area contributed by atoms with Gasteiger partial charge in [0.15, 0.2) is 5.78 Å². The highest BCUT2D eigenvalue weighted by molar-refractivity contribution is 7.92. The van der Waals surface area contributed by atoms with Crippen molar-refractivity contribution in [1.29, 1.82) is 0 Å². The van der Waals surface area contributed by atoms with Gasteiger partial charge in [-0.2, -0.15) is 0 Å². The Labute approximate surface area is 209 Å². The molecule has 1 heterocycles. The van der Waals surface area contributed by atoms with Gasteiger partial charge in [-0.05, 0) is 48.4 Å². The number of aromatic amines is 1. The van der Waals surface area contributed by atoms with Crippen molar-refractivity contribution in [1.82, 2.24) is 9.71 Å². The van der Waals surface area contributed by atoms with Crippen molar-refractivity contribution in [3.8, 4) is 5.75 Å². The number of ketones is 1. The Hall–Kier alpha value is -3.67. The number of sulfonamides is 2. The number of rotatable bonds is 10. The highest BCUT2D eigenvalue weighted by Gasteiger charge is 2.23. The van der Waals surface area contributed by atoms with Crippen molar-refractivity contribution in [3.63, 3.8) is 0 Å². The maximum atomic E-state index is 13.0. The van der Waals surface area contributed by atoms with E-state index in [2.05, 4.69) is 14.4 Å². The molecule has 0 spiro atoms. The first-order chi connectivity index (χ1) is 17.1. The number of fused-ring (bicyclic) bond motifs is 1. The van der Waals surface area contributed by atoms with Crippen LogP contribution in [0, 0.1) is 0 Å². The van der Waals surface area contributed by atoms with E-state index in [1.54, 1.807) is 48.5 Å². The number of hydrogen-bond acceptors (Lipinski definition) is 6. The number of H-pyrrole nitrogens is 1. The lowest BCUT2D eigenvalue weighted by Crippen LogP contribution is -2.26. The normalized spacial score (nSPS) is 11.9. The smallest absolute Gasteiger partial charge is 0.262 e. The van der Waals surface area contributed by atoms with E-state index in [-0.39, 0.29) is 45.7 Å². The molecule has 0 atom stereocenters. The van der Waals surface area contributed by atoms with Gasteiger partial charge in [0, 0.05) is 18.9 Å². The number of Topliss-reactive ketones (excluding diaryl/α,β-unsaturated/α-hetero) is 1. The molecular weight excluding hydrogens is 502 g/mol. The molecule has 36 heavy (non-hydrogen) atoms. The largest absolute Gasteiger partial charge is 0.494 e. The van der Waals surface area contributed by atoms with Gasteiger partial charge in [-0.25, -0.2) is 21.6 Å². The monoisotopic (exact) mass is 527 g/mol. The van der Waals surface area contributed by atoms with Crippen LogP contribution >= 0.6 is 0 Å². The zero-order chi connectivity index (χ0) is 25.9. The molecule has 0 amide bonds. The van der Waals surface area contributed by atoms with Crippen LogP contribution in [0.4, 0.5) is 5.69 Å². The number of carbonyl (C=O) groups excluding carboxylic acids is 1.